The number of para-hydroxylation sites is 1. The molecule has 2 unspecified atom stereocenters. The van der Waals surface area contributed by atoms with E-state index in [1.807, 2.05) is 92.7 Å². The molecule has 8 heteroatoms. The Kier molecular flexibility index (Phi) is 9.71. The molecule has 7 aromatic rings. The summed E-state index contributed by atoms with van der Waals surface area (Å²) in [6, 6.07) is 51.6. The van der Waals surface area contributed by atoms with Gasteiger partial charge in [0.15, 0.2) is 0 Å². The number of benzene rings is 6. The first-order chi connectivity index (χ1) is 24.2. The second kappa shape index (κ2) is 14.2. The molecule has 0 amide bonds. The van der Waals surface area contributed by atoms with Crippen molar-refractivity contribution in [2.75, 3.05) is 0 Å². The van der Waals surface area contributed by atoms with Crippen molar-refractivity contribution in [2.45, 2.75) is 42.0 Å². The van der Waals surface area contributed by atoms with Gasteiger partial charge in [0.1, 0.15) is 4.75 Å². The topological polar surface area (TPSA) is 88.2 Å². The Balaban J connectivity index is 1.54. The second-order valence-corrected chi connectivity index (χ2v) is 18.7. The summed E-state index contributed by atoms with van der Waals surface area (Å²) in [4.78, 5) is 0.213. The van der Waals surface area contributed by atoms with Crippen LogP contribution in [-0.2, 0) is 34.0 Å². The monoisotopic (exact) mass is 714 g/mol. The number of fused-ring (bicyclic) bond motifs is 2. The van der Waals surface area contributed by atoms with E-state index in [9.17, 15) is 13.0 Å². The van der Waals surface area contributed by atoms with Gasteiger partial charge in [-0.2, -0.15) is 5.14 Å². The lowest BCUT2D eigenvalue weighted by atomic mass is 9.81. The maximum Gasteiger partial charge on any atom is 0.268 e. The largest absolute Gasteiger partial charge is 0.598 e. The Morgan fingerprint density at radius 1 is 0.720 bits per heavy atom. The molecule has 1 aromatic heterocycles. The first-order valence-corrected chi connectivity index (χ1v) is 20.8. The van der Waals surface area contributed by atoms with Crippen molar-refractivity contribution in [2.24, 2.45) is 5.14 Å². The van der Waals surface area contributed by atoms with Crippen LogP contribution in [-0.4, -0.2) is 21.7 Å². The molecule has 0 radical (unpaired) electrons. The molecule has 6 aromatic carbocycles. The first-order valence-electron chi connectivity index (χ1n) is 16.6. The standard InChI is InChI=1S/C42H39N2O3PS2/c1-42(2,49(43)45)38(29-31-26-27-32-16-12-13-17-33(32)28-31)41-37-24-14-15-25-39(37)44(50(46,47)36-22-10-5-11-23-36)40(41)30-48(34-18-6-3-7-19-34)35-20-8-4-9-21-35/h3-28,38H,29-30,43H2,1-2H3. The fourth-order valence-corrected chi connectivity index (χ4v) is 11.4. The van der Waals surface area contributed by atoms with Crippen LogP contribution in [0.5, 0.6) is 0 Å². The van der Waals surface area contributed by atoms with Crippen LogP contribution in [0.3, 0.4) is 0 Å². The summed E-state index contributed by atoms with van der Waals surface area (Å²) in [5, 5.41) is 11.7. The molecule has 0 saturated heterocycles. The van der Waals surface area contributed by atoms with Crippen LogP contribution >= 0.6 is 7.92 Å². The average Bonchev–Trinajstić information content (AvgIpc) is 3.47. The van der Waals surface area contributed by atoms with Crippen molar-refractivity contribution >= 4 is 61.6 Å². The van der Waals surface area contributed by atoms with Crippen LogP contribution in [0.1, 0.15) is 36.6 Å². The lowest BCUT2D eigenvalue weighted by Gasteiger charge is -2.34. The van der Waals surface area contributed by atoms with Gasteiger partial charge in [0.25, 0.3) is 10.0 Å². The van der Waals surface area contributed by atoms with Gasteiger partial charge in [-0.15, -0.1) is 0 Å². The van der Waals surface area contributed by atoms with Gasteiger partial charge in [-0.05, 0) is 78.9 Å². The Bertz CT molecular complexity index is 2320. The Morgan fingerprint density at radius 2 is 1.26 bits per heavy atom. The minimum atomic E-state index is -4.07. The van der Waals surface area contributed by atoms with E-state index in [1.54, 1.807) is 28.2 Å². The molecule has 50 heavy (non-hydrogen) atoms. The van der Waals surface area contributed by atoms with E-state index in [1.165, 1.54) is 0 Å². The van der Waals surface area contributed by atoms with Gasteiger partial charge in [0.2, 0.25) is 0 Å². The third-order valence-electron chi connectivity index (χ3n) is 9.65. The van der Waals surface area contributed by atoms with E-state index in [-0.39, 0.29) is 4.90 Å². The van der Waals surface area contributed by atoms with Crippen LogP contribution in [0, 0.1) is 0 Å². The highest BCUT2D eigenvalue weighted by molar-refractivity contribution is 7.90. The fourth-order valence-electron chi connectivity index (χ4n) is 6.93. The Morgan fingerprint density at radius 3 is 1.88 bits per heavy atom. The van der Waals surface area contributed by atoms with Crippen molar-refractivity contribution in [3.05, 3.63) is 175 Å². The van der Waals surface area contributed by atoms with Crippen molar-refractivity contribution in [1.29, 1.82) is 0 Å². The maximum atomic E-state index is 14.9. The summed E-state index contributed by atoms with van der Waals surface area (Å²) in [6.45, 7) is 3.88. The number of aromatic nitrogens is 1. The molecule has 2 N–H and O–H groups in total. The van der Waals surface area contributed by atoms with Crippen LogP contribution in [0.4, 0.5) is 0 Å². The minimum Gasteiger partial charge on any atom is -0.598 e. The van der Waals surface area contributed by atoms with Gasteiger partial charge in [-0.25, -0.2) is 12.4 Å². The molecule has 0 fully saturated rings. The molecule has 252 valence electrons. The van der Waals surface area contributed by atoms with E-state index in [0.717, 1.165) is 37.9 Å². The zero-order valence-corrected chi connectivity index (χ0v) is 30.5. The SMILES string of the molecule is CC(C)(C(Cc1ccc2ccccc2c1)c1c(CP(c2ccccc2)c2ccccc2)n(S(=O)(=O)c2ccccc2)c2ccccc12)[S+](N)[O-]. The summed E-state index contributed by atoms with van der Waals surface area (Å²) in [6.07, 6.45) is 0.961. The van der Waals surface area contributed by atoms with Crippen molar-refractivity contribution in [3.63, 3.8) is 0 Å². The molecular formula is C42H39N2O3PS2. The van der Waals surface area contributed by atoms with E-state index < -0.39 is 40.0 Å². The lowest BCUT2D eigenvalue weighted by Crippen LogP contribution is -2.44. The lowest BCUT2D eigenvalue weighted by molar-refractivity contribution is 0.481. The molecule has 7 rings (SSSR count). The van der Waals surface area contributed by atoms with Crippen LogP contribution < -0.4 is 15.7 Å². The minimum absolute atomic E-state index is 0.213. The molecule has 2 atom stereocenters. The molecule has 0 aliphatic rings. The van der Waals surface area contributed by atoms with Crippen molar-refractivity contribution in [3.8, 4) is 0 Å². The smallest absolute Gasteiger partial charge is 0.268 e. The predicted molar refractivity (Wildman–Crippen MR) is 211 cm³/mol. The fraction of sp³-hybridized carbons (Fsp3) is 0.143. The molecule has 0 aliphatic carbocycles. The number of rotatable bonds is 11. The van der Waals surface area contributed by atoms with Gasteiger partial charge in [-0.3, -0.25) is 0 Å². The predicted octanol–water partition coefficient (Wildman–Crippen LogP) is 8.39. The number of nitrogens with two attached hydrogens (primary N) is 1. The van der Waals surface area contributed by atoms with Gasteiger partial charge in [-0.1, -0.05) is 140 Å². The molecule has 5 nitrogen and oxygen atoms in total. The van der Waals surface area contributed by atoms with Crippen molar-refractivity contribution < 1.29 is 13.0 Å². The molecule has 0 saturated carbocycles. The Hall–Kier alpha value is -4.23. The molecule has 0 spiro atoms. The highest BCUT2D eigenvalue weighted by Gasteiger charge is 2.44. The summed E-state index contributed by atoms with van der Waals surface area (Å²) in [5.74, 6) is -0.398. The first kappa shape index (κ1) is 34.2. The summed E-state index contributed by atoms with van der Waals surface area (Å²) < 4.78 is 44.1. The average molecular weight is 715 g/mol. The molecule has 0 bridgehead atoms. The molecule has 0 aliphatic heterocycles. The van der Waals surface area contributed by atoms with Gasteiger partial charge in [0.05, 0.1) is 10.4 Å². The van der Waals surface area contributed by atoms with E-state index in [4.69, 9.17) is 5.14 Å². The second-order valence-electron chi connectivity index (χ2n) is 13.1. The number of hydrogen-bond donors (Lipinski definition) is 1. The Labute approximate surface area is 298 Å². The zero-order chi connectivity index (χ0) is 34.9. The summed E-state index contributed by atoms with van der Waals surface area (Å²) in [7, 11) is -5.13. The van der Waals surface area contributed by atoms with Crippen LogP contribution in [0.15, 0.2) is 163 Å². The molecular weight excluding hydrogens is 676 g/mol. The van der Waals surface area contributed by atoms with E-state index >= 15 is 0 Å². The quantitative estimate of drug-likeness (QED) is 0.108. The summed E-state index contributed by atoms with van der Waals surface area (Å²) in [5.41, 5.74) is 3.23. The third kappa shape index (κ3) is 6.53. The van der Waals surface area contributed by atoms with Gasteiger partial charge in [0, 0.05) is 34.5 Å². The third-order valence-corrected chi connectivity index (χ3v) is 15.2. The highest BCUT2D eigenvalue weighted by atomic mass is 32.2. The highest BCUT2D eigenvalue weighted by Crippen LogP contribution is 2.48. The number of nitrogens with zero attached hydrogens (tertiary/aromatic N) is 1. The van der Waals surface area contributed by atoms with Gasteiger partial charge >= 0.3 is 0 Å². The van der Waals surface area contributed by atoms with Gasteiger partial charge < -0.3 is 4.55 Å². The number of hydrogen-bond acceptors (Lipinski definition) is 4. The van der Waals surface area contributed by atoms with E-state index in [0.29, 0.717) is 23.8 Å². The van der Waals surface area contributed by atoms with E-state index in [2.05, 4.69) is 54.6 Å². The summed E-state index contributed by atoms with van der Waals surface area (Å²) >= 11 is -1.74. The normalized spacial score (nSPS) is 13.5. The maximum absolute atomic E-state index is 14.9. The van der Waals surface area contributed by atoms with Crippen LogP contribution in [0.25, 0.3) is 21.7 Å². The van der Waals surface area contributed by atoms with Crippen LogP contribution in [0.2, 0.25) is 0 Å². The molecule has 1 heterocycles. The zero-order valence-electron chi connectivity index (χ0n) is 28.0. The van der Waals surface area contributed by atoms with Crippen molar-refractivity contribution in [1.82, 2.24) is 3.97 Å².